The normalized spacial score (nSPS) is 17.6. The van der Waals surface area contributed by atoms with Crippen LogP contribution in [0.5, 0.6) is 0 Å². The second-order valence-electron chi connectivity index (χ2n) is 9.09. The number of ether oxygens (including phenoxy) is 1. The van der Waals surface area contributed by atoms with Crippen molar-refractivity contribution in [2.75, 3.05) is 6.54 Å². The minimum Gasteiger partial charge on any atom is -0.459 e. The number of rotatable bonds is 4. The fraction of sp³-hybridized carbons (Fsp3) is 0.375. The molecule has 1 aromatic carbocycles. The van der Waals surface area contributed by atoms with Gasteiger partial charge in [-0.15, -0.1) is 0 Å². The number of amides is 1. The molecule has 0 aliphatic heterocycles. The Bertz CT molecular complexity index is 1050. The van der Waals surface area contributed by atoms with Gasteiger partial charge >= 0.3 is 5.97 Å². The summed E-state index contributed by atoms with van der Waals surface area (Å²) in [5.74, 6) is -4.02. The van der Waals surface area contributed by atoms with E-state index in [1.165, 1.54) is 0 Å². The zero-order valence-electron chi connectivity index (χ0n) is 18.3. The van der Waals surface area contributed by atoms with Gasteiger partial charge in [0.15, 0.2) is 17.5 Å². The molecular formula is C24H26N2O5. The third-order valence-electron chi connectivity index (χ3n) is 5.18. The number of fused-ring (bicyclic) bond motifs is 1. The number of benzene rings is 1. The SMILES string of the molecule is CC(C)(C)OC(=O)CNC(=O)C1C(=O)c2ccc(-c3cccnc3)cc2C(C)(C)C1=O. The molecule has 1 N–H and O–H groups in total. The largest absolute Gasteiger partial charge is 0.459 e. The summed E-state index contributed by atoms with van der Waals surface area (Å²) in [6.45, 7) is 8.10. The number of aromatic nitrogens is 1. The molecule has 7 heteroatoms. The number of hydrogen-bond donors (Lipinski definition) is 1. The maximum absolute atomic E-state index is 13.2. The minimum absolute atomic E-state index is 0.328. The summed E-state index contributed by atoms with van der Waals surface area (Å²) in [6, 6.07) is 8.91. The van der Waals surface area contributed by atoms with Crippen LogP contribution in [0.25, 0.3) is 11.1 Å². The fourth-order valence-corrected chi connectivity index (χ4v) is 3.63. The smallest absolute Gasteiger partial charge is 0.325 e. The van der Waals surface area contributed by atoms with Crippen molar-refractivity contribution in [2.24, 2.45) is 5.92 Å². The van der Waals surface area contributed by atoms with Gasteiger partial charge in [-0.3, -0.25) is 24.2 Å². The first-order chi connectivity index (χ1) is 14.4. The van der Waals surface area contributed by atoms with E-state index in [9.17, 15) is 19.2 Å². The Kier molecular flexibility index (Phi) is 5.81. The van der Waals surface area contributed by atoms with Crippen molar-refractivity contribution in [3.8, 4) is 11.1 Å². The van der Waals surface area contributed by atoms with Gasteiger partial charge in [0.25, 0.3) is 0 Å². The van der Waals surface area contributed by atoms with Gasteiger partial charge in [0.05, 0.1) is 5.41 Å². The monoisotopic (exact) mass is 422 g/mol. The summed E-state index contributed by atoms with van der Waals surface area (Å²) in [6.07, 6.45) is 3.37. The van der Waals surface area contributed by atoms with Crippen LogP contribution in [0.2, 0.25) is 0 Å². The second-order valence-corrected chi connectivity index (χ2v) is 9.09. The van der Waals surface area contributed by atoms with Crippen molar-refractivity contribution in [3.05, 3.63) is 53.9 Å². The summed E-state index contributed by atoms with van der Waals surface area (Å²) >= 11 is 0. The molecule has 0 saturated carbocycles. The van der Waals surface area contributed by atoms with Crippen LogP contribution < -0.4 is 5.32 Å². The zero-order valence-corrected chi connectivity index (χ0v) is 18.3. The lowest BCUT2D eigenvalue weighted by Gasteiger charge is -2.34. The number of nitrogens with zero attached hydrogens (tertiary/aromatic N) is 1. The van der Waals surface area contributed by atoms with E-state index >= 15 is 0 Å². The van der Waals surface area contributed by atoms with E-state index in [1.54, 1.807) is 71.3 Å². The van der Waals surface area contributed by atoms with Gasteiger partial charge in [0, 0.05) is 18.0 Å². The van der Waals surface area contributed by atoms with Crippen LogP contribution in [0.15, 0.2) is 42.7 Å². The quantitative estimate of drug-likeness (QED) is 0.600. The molecule has 1 unspecified atom stereocenters. The highest BCUT2D eigenvalue weighted by atomic mass is 16.6. The molecule has 3 rings (SSSR count). The van der Waals surface area contributed by atoms with Crippen molar-refractivity contribution in [1.82, 2.24) is 10.3 Å². The number of esters is 1. The number of ketones is 2. The van der Waals surface area contributed by atoms with E-state index in [4.69, 9.17) is 4.74 Å². The Morgan fingerprint density at radius 2 is 1.84 bits per heavy atom. The Balaban J connectivity index is 1.87. The lowest BCUT2D eigenvalue weighted by atomic mass is 9.66. The van der Waals surface area contributed by atoms with Gasteiger partial charge < -0.3 is 10.1 Å². The van der Waals surface area contributed by atoms with Crippen molar-refractivity contribution in [3.63, 3.8) is 0 Å². The van der Waals surface area contributed by atoms with Crippen molar-refractivity contribution < 1.29 is 23.9 Å². The molecule has 162 valence electrons. The molecule has 31 heavy (non-hydrogen) atoms. The minimum atomic E-state index is -1.51. The predicted molar refractivity (Wildman–Crippen MR) is 114 cm³/mol. The summed E-state index contributed by atoms with van der Waals surface area (Å²) in [5, 5.41) is 2.38. The van der Waals surface area contributed by atoms with Gasteiger partial charge in [-0.1, -0.05) is 18.2 Å². The third kappa shape index (κ3) is 4.55. The van der Waals surface area contributed by atoms with Crippen LogP contribution in [0.4, 0.5) is 0 Å². The number of nitrogens with one attached hydrogen (secondary N) is 1. The maximum Gasteiger partial charge on any atom is 0.325 e. The molecule has 1 atom stereocenters. The van der Waals surface area contributed by atoms with Crippen molar-refractivity contribution in [2.45, 2.75) is 45.6 Å². The molecule has 1 heterocycles. The van der Waals surface area contributed by atoms with Crippen LogP contribution in [0.3, 0.4) is 0 Å². The lowest BCUT2D eigenvalue weighted by Crippen LogP contribution is -2.51. The standard InChI is InChI=1S/C24H26N2O5/c1-23(2,3)31-18(27)13-26-22(30)19-20(28)16-9-8-14(15-7-6-10-25-12-15)11-17(16)24(4,5)21(19)29/h6-12,19H,13H2,1-5H3,(H,26,30). The first-order valence-corrected chi connectivity index (χ1v) is 10.0. The fourth-order valence-electron chi connectivity index (χ4n) is 3.63. The highest BCUT2D eigenvalue weighted by Crippen LogP contribution is 2.39. The maximum atomic E-state index is 13.2. The number of carbonyl (C=O) groups excluding carboxylic acids is 4. The molecule has 1 amide bonds. The van der Waals surface area contributed by atoms with Gasteiger partial charge in [-0.05, 0) is 63.4 Å². The summed E-state index contributed by atoms with van der Waals surface area (Å²) in [4.78, 5) is 54.9. The van der Waals surface area contributed by atoms with Crippen LogP contribution in [0, 0.1) is 5.92 Å². The Labute approximate surface area is 181 Å². The molecule has 0 spiro atoms. The molecule has 0 bridgehead atoms. The Hall–Kier alpha value is -3.35. The number of pyridine rings is 1. The van der Waals surface area contributed by atoms with E-state index in [-0.39, 0.29) is 0 Å². The molecule has 0 saturated heterocycles. The van der Waals surface area contributed by atoms with E-state index in [2.05, 4.69) is 10.3 Å². The highest BCUT2D eigenvalue weighted by Gasteiger charge is 2.49. The Morgan fingerprint density at radius 1 is 1.13 bits per heavy atom. The van der Waals surface area contributed by atoms with Crippen LogP contribution >= 0.6 is 0 Å². The van der Waals surface area contributed by atoms with Crippen molar-refractivity contribution in [1.29, 1.82) is 0 Å². The first-order valence-electron chi connectivity index (χ1n) is 10.0. The van der Waals surface area contributed by atoms with Crippen LogP contribution in [0.1, 0.15) is 50.5 Å². The lowest BCUT2D eigenvalue weighted by molar-refractivity contribution is -0.155. The molecule has 1 aromatic heterocycles. The van der Waals surface area contributed by atoms with Gasteiger partial charge in [0.2, 0.25) is 5.91 Å². The predicted octanol–water partition coefficient (Wildman–Crippen LogP) is 2.87. The summed E-state index contributed by atoms with van der Waals surface area (Å²) in [7, 11) is 0. The second kappa shape index (κ2) is 8.06. The Morgan fingerprint density at radius 3 is 2.45 bits per heavy atom. The van der Waals surface area contributed by atoms with Crippen molar-refractivity contribution >= 4 is 23.4 Å². The third-order valence-corrected chi connectivity index (χ3v) is 5.18. The average molecular weight is 422 g/mol. The van der Waals surface area contributed by atoms with Crippen LogP contribution in [-0.4, -0.2) is 40.6 Å². The van der Waals surface area contributed by atoms with Gasteiger partial charge in [-0.2, -0.15) is 0 Å². The number of Topliss-reactive ketones (excluding diaryl/α,β-unsaturated/α-hetero) is 2. The molecule has 1 aliphatic rings. The topological polar surface area (TPSA) is 102 Å². The van der Waals surface area contributed by atoms with Crippen LogP contribution in [-0.2, 0) is 24.5 Å². The van der Waals surface area contributed by atoms with E-state index in [0.717, 1.165) is 11.1 Å². The van der Waals surface area contributed by atoms with Gasteiger partial charge in [0.1, 0.15) is 12.1 Å². The highest BCUT2D eigenvalue weighted by molar-refractivity contribution is 6.29. The zero-order chi connectivity index (χ0) is 23.0. The van der Waals surface area contributed by atoms with E-state index < -0.39 is 46.9 Å². The number of hydrogen-bond acceptors (Lipinski definition) is 6. The molecule has 2 aromatic rings. The van der Waals surface area contributed by atoms with Gasteiger partial charge in [-0.25, -0.2) is 0 Å². The summed E-state index contributed by atoms with van der Waals surface area (Å²) in [5.41, 5.74) is 0.821. The molecule has 0 radical (unpaired) electrons. The molecular weight excluding hydrogens is 396 g/mol. The van der Waals surface area contributed by atoms with E-state index in [0.29, 0.717) is 11.1 Å². The summed E-state index contributed by atoms with van der Waals surface area (Å²) < 4.78 is 5.15. The first kappa shape index (κ1) is 22.3. The molecule has 7 nitrogen and oxygen atoms in total. The number of carbonyl (C=O) groups is 4. The molecule has 0 fully saturated rings. The van der Waals surface area contributed by atoms with E-state index in [1.807, 2.05) is 6.07 Å². The molecule has 1 aliphatic carbocycles. The average Bonchev–Trinajstić information content (AvgIpc) is 2.70.